The lowest BCUT2D eigenvalue weighted by molar-refractivity contribution is 0.642. The van der Waals surface area contributed by atoms with E-state index in [1.54, 1.807) is 29.9 Å². The summed E-state index contributed by atoms with van der Waals surface area (Å²) in [6.07, 6.45) is 5.27. The highest BCUT2D eigenvalue weighted by molar-refractivity contribution is 7.20. The number of nitrogens with zero attached hydrogens (tertiary/aromatic N) is 4. The van der Waals surface area contributed by atoms with Gasteiger partial charge in [-0.05, 0) is 24.6 Å². The third-order valence-electron chi connectivity index (χ3n) is 3.85. The Labute approximate surface area is 130 Å². The largest absolute Gasteiger partial charge is 0.338 e. The number of aromatic nitrogens is 4. The molecule has 5 nitrogen and oxygen atoms in total. The molecule has 110 valence electrons. The van der Waals surface area contributed by atoms with Crippen LogP contribution in [0, 0.1) is 6.92 Å². The van der Waals surface area contributed by atoms with Gasteiger partial charge in [-0.15, -0.1) is 11.3 Å². The molecular weight excluding hydrogens is 296 g/mol. The Kier molecular flexibility index (Phi) is 2.87. The number of hydrogen-bond acceptors (Lipinski definition) is 4. The van der Waals surface area contributed by atoms with Crippen molar-refractivity contribution in [3.05, 3.63) is 57.6 Å². The molecule has 22 heavy (non-hydrogen) atoms. The molecular formula is C16H14N4OS. The van der Waals surface area contributed by atoms with Gasteiger partial charge in [0.15, 0.2) is 0 Å². The summed E-state index contributed by atoms with van der Waals surface area (Å²) in [4.78, 5) is 18.1. The maximum Gasteiger partial charge on any atom is 0.291 e. The lowest BCUT2D eigenvalue weighted by Crippen LogP contribution is -2.24. The van der Waals surface area contributed by atoms with Crippen LogP contribution in [-0.2, 0) is 13.6 Å². The topological polar surface area (TPSA) is 52.7 Å². The van der Waals surface area contributed by atoms with Crippen molar-refractivity contribution in [3.8, 4) is 0 Å². The van der Waals surface area contributed by atoms with E-state index in [2.05, 4.69) is 23.1 Å². The van der Waals surface area contributed by atoms with Crippen molar-refractivity contribution in [2.24, 2.45) is 7.05 Å². The Bertz CT molecular complexity index is 1040. The maximum absolute atomic E-state index is 12.8. The van der Waals surface area contributed by atoms with Gasteiger partial charge in [-0.3, -0.25) is 9.78 Å². The number of rotatable bonds is 2. The average Bonchev–Trinajstić information content (AvgIpc) is 3.01. The van der Waals surface area contributed by atoms with Gasteiger partial charge in [0.25, 0.3) is 5.56 Å². The number of aryl methyl sites for hydroxylation is 2. The van der Waals surface area contributed by atoms with Crippen LogP contribution in [0.25, 0.3) is 21.1 Å². The molecule has 0 bridgehead atoms. The smallest absolute Gasteiger partial charge is 0.291 e. The first-order chi connectivity index (χ1) is 10.6. The monoisotopic (exact) mass is 310 g/mol. The first-order valence-electron chi connectivity index (χ1n) is 6.98. The zero-order valence-corrected chi connectivity index (χ0v) is 13.1. The third kappa shape index (κ3) is 1.88. The molecule has 4 rings (SSSR count). The highest BCUT2D eigenvalue weighted by Gasteiger charge is 2.15. The second kappa shape index (κ2) is 4.78. The van der Waals surface area contributed by atoms with Crippen molar-refractivity contribution in [2.45, 2.75) is 13.5 Å². The van der Waals surface area contributed by atoms with Crippen molar-refractivity contribution in [1.29, 1.82) is 0 Å². The van der Waals surface area contributed by atoms with E-state index in [1.165, 1.54) is 9.56 Å². The van der Waals surface area contributed by atoms with Crippen LogP contribution in [0.5, 0.6) is 0 Å². The fourth-order valence-corrected chi connectivity index (χ4v) is 3.86. The Morgan fingerprint density at radius 1 is 1.32 bits per heavy atom. The van der Waals surface area contributed by atoms with Crippen LogP contribution in [0.1, 0.15) is 10.4 Å². The molecule has 0 aliphatic rings. The highest BCUT2D eigenvalue weighted by atomic mass is 32.1. The summed E-state index contributed by atoms with van der Waals surface area (Å²) < 4.78 is 4.60. The van der Waals surface area contributed by atoms with Crippen LogP contribution in [0.3, 0.4) is 0 Å². The second-order valence-corrected chi connectivity index (χ2v) is 6.62. The molecule has 0 saturated carbocycles. The molecule has 4 heterocycles. The van der Waals surface area contributed by atoms with Crippen LogP contribution in [0.15, 0.2) is 41.6 Å². The molecule has 0 N–H and O–H groups in total. The third-order valence-corrected chi connectivity index (χ3v) is 4.92. The molecule has 0 fully saturated rings. The molecule has 0 aliphatic heterocycles. The quantitative estimate of drug-likeness (QED) is 0.572. The molecule has 0 aliphatic carbocycles. The average molecular weight is 310 g/mol. The minimum atomic E-state index is -0.0649. The minimum Gasteiger partial charge on any atom is -0.338 e. The Balaban J connectivity index is 1.94. The molecule has 0 spiro atoms. The van der Waals surface area contributed by atoms with Gasteiger partial charge in [0.05, 0.1) is 23.0 Å². The zero-order chi connectivity index (χ0) is 15.3. The predicted molar refractivity (Wildman–Crippen MR) is 88.4 cm³/mol. The van der Waals surface area contributed by atoms with E-state index in [4.69, 9.17) is 0 Å². The number of fused-ring (bicyclic) bond motifs is 3. The molecule has 0 atom stereocenters. The minimum absolute atomic E-state index is 0.0649. The number of thiophene rings is 1. The first kappa shape index (κ1) is 13.2. The summed E-state index contributed by atoms with van der Waals surface area (Å²) in [5.41, 5.74) is 2.70. The van der Waals surface area contributed by atoms with Crippen LogP contribution >= 0.6 is 11.3 Å². The van der Waals surface area contributed by atoms with E-state index in [-0.39, 0.29) is 5.56 Å². The van der Waals surface area contributed by atoms with Crippen LogP contribution in [-0.4, -0.2) is 19.3 Å². The Morgan fingerprint density at radius 2 is 2.18 bits per heavy atom. The summed E-state index contributed by atoms with van der Waals surface area (Å²) in [5.74, 6) is 0. The van der Waals surface area contributed by atoms with Crippen molar-refractivity contribution in [2.75, 3.05) is 0 Å². The molecule has 0 radical (unpaired) electrons. The lowest BCUT2D eigenvalue weighted by Gasteiger charge is -2.05. The summed E-state index contributed by atoms with van der Waals surface area (Å²) >= 11 is 1.70. The van der Waals surface area contributed by atoms with Gasteiger partial charge in [-0.25, -0.2) is 4.68 Å². The van der Waals surface area contributed by atoms with Crippen molar-refractivity contribution in [1.82, 2.24) is 19.3 Å². The summed E-state index contributed by atoms with van der Waals surface area (Å²) in [5, 5.41) is 5.28. The standard InChI is InChI=1S/C16H14N4OS/c1-10-6-13-15(22-10)12-8-18-20(16(21)14(12)19(13)2)9-11-4-3-5-17-7-11/h3-8H,9H2,1-2H3. The Morgan fingerprint density at radius 3 is 2.95 bits per heavy atom. The van der Waals surface area contributed by atoms with E-state index in [0.29, 0.717) is 12.1 Å². The molecule has 0 aromatic carbocycles. The van der Waals surface area contributed by atoms with Gasteiger partial charge in [0.2, 0.25) is 0 Å². The van der Waals surface area contributed by atoms with Gasteiger partial charge >= 0.3 is 0 Å². The van der Waals surface area contributed by atoms with Crippen molar-refractivity contribution < 1.29 is 0 Å². The zero-order valence-electron chi connectivity index (χ0n) is 12.3. The van der Waals surface area contributed by atoms with E-state index in [0.717, 1.165) is 21.2 Å². The van der Waals surface area contributed by atoms with Gasteiger partial charge in [0.1, 0.15) is 5.52 Å². The SMILES string of the molecule is Cc1cc2c(s1)c1cnn(Cc3cccnc3)c(=O)c1n2C. The van der Waals surface area contributed by atoms with E-state index in [1.807, 2.05) is 23.7 Å². The van der Waals surface area contributed by atoms with Gasteiger partial charge < -0.3 is 4.57 Å². The fraction of sp³-hybridized carbons (Fsp3) is 0.188. The maximum atomic E-state index is 12.8. The molecule has 6 heteroatoms. The van der Waals surface area contributed by atoms with Gasteiger partial charge in [-0.2, -0.15) is 5.10 Å². The predicted octanol–water partition coefficient (Wildman–Crippen LogP) is 2.70. The van der Waals surface area contributed by atoms with E-state index < -0.39 is 0 Å². The van der Waals surface area contributed by atoms with Crippen molar-refractivity contribution >= 4 is 32.5 Å². The molecule has 0 saturated heterocycles. The number of hydrogen-bond donors (Lipinski definition) is 0. The van der Waals surface area contributed by atoms with Crippen molar-refractivity contribution in [3.63, 3.8) is 0 Å². The van der Waals surface area contributed by atoms with E-state index >= 15 is 0 Å². The first-order valence-corrected chi connectivity index (χ1v) is 7.80. The van der Waals surface area contributed by atoms with Crippen LogP contribution in [0.2, 0.25) is 0 Å². The van der Waals surface area contributed by atoms with Gasteiger partial charge in [0, 0.05) is 29.7 Å². The van der Waals surface area contributed by atoms with Crippen LogP contribution in [0.4, 0.5) is 0 Å². The summed E-state index contributed by atoms with van der Waals surface area (Å²) in [6, 6.07) is 5.92. The fourth-order valence-electron chi connectivity index (χ4n) is 2.81. The molecule has 4 aromatic heterocycles. The Hall–Kier alpha value is -2.47. The normalized spacial score (nSPS) is 11.5. The van der Waals surface area contributed by atoms with E-state index in [9.17, 15) is 4.79 Å². The highest BCUT2D eigenvalue weighted by Crippen LogP contribution is 2.32. The molecule has 0 amide bonds. The summed E-state index contributed by atoms with van der Waals surface area (Å²) in [7, 11) is 1.94. The van der Waals surface area contributed by atoms with Crippen LogP contribution < -0.4 is 5.56 Å². The molecule has 0 unspecified atom stereocenters. The number of pyridine rings is 1. The van der Waals surface area contributed by atoms with Gasteiger partial charge in [-0.1, -0.05) is 6.07 Å². The second-order valence-electron chi connectivity index (χ2n) is 5.36. The summed E-state index contributed by atoms with van der Waals surface area (Å²) in [6.45, 7) is 2.51. The lowest BCUT2D eigenvalue weighted by atomic mass is 10.3. The molecule has 4 aromatic rings.